The summed E-state index contributed by atoms with van der Waals surface area (Å²) in [4.78, 5) is 9.38. The SMILES string of the molecule is C=C/C(C1=CN2C(=NCC2N2CCOCC2)C=C1CN)=C(/Cl)C=C(C)C.CC. The lowest BCUT2D eigenvalue weighted by atomic mass is 9.94. The number of allylic oxidation sites excluding steroid dienone is 5. The maximum Gasteiger partial charge on any atom is 0.129 e. The first-order valence-electron chi connectivity index (χ1n) is 10.00. The van der Waals surface area contributed by atoms with E-state index in [4.69, 9.17) is 27.1 Å². The van der Waals surface area contributed by atoms with E-state index < -0.39 is 0 Å². The minimum absolute atomic E-state index is 0.216. The van der Waals surface area contributed by atoms with Crippen LogP contribution in [-0.2, 0) is 4.74 Å². The van der Waals surface area contributed by atoms with E-state index in [2.05, 4.69) is 28.7 Å². The van der Waals surface area contributed by atoms with E-state index in [0.717, 1.165) is 61.0 Å². The first-order valence-corrected chi connectivity index (χ1v) is 10.4. The van der Waals surface area contributed by atoms with Crippen LogP contribution in [0.3, 0.4) is 0 Å². The highest BCUT2D eigenvalue weighted by Crippen LogP contribution is 2.32. The standard InChI is InChI=1S/C20H27ClN4O.C2H6/c1-4-16(18(21)9-14(2)3)17-13-25-19(10-15(17)11-22)23-12-20(25)24-5-7-26-8-6-24;1-2/h4,9-10,13,20H,1,5-8,11-12,22H2,2-3H3;1-2H3/b18-16-;. The normalized spacial score (nSPS) is 22.7. The average Bonchev–Trinajstić information content (AvgIpc) is 3.12. The van der Waals surface area contributed by atoms with E-state index in [-0.39, 0.29) is 6.17 Å². The number of aliphatic imine (C=N–C) groups is 1. The van der Waals surface area contributed by atoms with Gasteiger partial charge in [-0.2, -0.15) is 0 Å². The highest BCUT2D eigenvalue weighted by Gasteiger charge is 2.34. The van der Waals surface area contributed by atoms with Gasteiger partial charge in [-0.3, -0.25) is 9.89 Å². The lowest BCUT2D eigenvalue weighted by molar-refractivity contribution is 0.000414. The smallest absolute Gasteiger partial charge is 0.129 e. The number of ether oxygens (including phenoxy) is 1. The fraction of sp³-hybridized carbons (Fsp3) is 0.500. The summed E-state index contributed by atoms with van der Waals surface area (Å²) in [5, 5.41) is 0.674. The highest BCUT2D eigenvalue weighted by atomic mass is 35.5. The Kier molecular flexibility index (Phi) is 8.70. The van der Waals surface area contributed by atoms with E-state index in [1.165, 1.54) is 0 Å². The maximum atomic E-state index is 6.57. The van der Waals surface area contributed by atoms with Gasteiger partial charge < -0.3 is 15.4 Å². The molecule has 0 aliphatic carbocycles. The minimum Gasteiger partial charge on any atom is -0.379 e. The Balaban J connectivity index is 0.00000136. The number of hydrogen-bond donors (Lipinski definition) is 1. The van der Waals surface area contributed by atoms with Crippen LogP contribution in [0.15, 0.2) is 63.3 Å². The van der Waals surface area contributed by atoms with Gasteiger partial charge in [0.15, 0.2) is 0 Å². The van der Waals surface area contributed by atoms with Crippen LogP contribution < -0.4 is 5.73 Å². The van der Waals surface area contributed by atoms with Crippen molar-refractivity contribution in [3.63, 3.8) is 0 Å². The van der Waals surface area contributed by atoms with E-state index in [0.29, 0.717) is 11.6 Å². The summed E-state index contributed by atoms with van der Waals surface area (Å²) in [6.07, 6.45) is 8.19. The molecule has 3 aliphatic heterocycles. The first kappa shape index (κ1) is 22.6. The topological polar surface area (TPSA) is 54.1 Å². The Morgan fingerprint density at radius 1 is 1.36 bits per heavy atom. The van der Waals surface area contributed by atoms with Crippen molar-refractivity contribution >= 4 is 17.4 Å². The molecule has 0 aromatic rings. The number of rotatable bonds is 5. The lowest BCUT2D eigenvalue weighted by Crippen LogP contribution is -2.51. The second kappa shape index (κ2) is 10.8. The van der Waals surface area contributed by atoms with Gasteiger partial charge in [-0.1, -0.05) is 43.7 Å². The predicted molar refractivity (Wildman–Crippen MR) is 119 cm³/mol. The molecular weight excluding hydrogens is 372 g/mol. The molecule has 0 spiro atoms. The summed E-state index contributed by atoms with van der Waals surface area (Å²) in [6, 6.07) is 0. The van der Waals surface area contributed by atoms with Crippen LogP contribution in [0.25, 0.3) is 0 Å². The zero-order valence-corrected chi connectivity index (χ0v) is 18.3. The maximum absolute atomic E-state index is 6.57. The van der Waals surface area contributed by atoms with E-state index in [1.807, 2.05) is 33.8 Å². The number of nitrogens with zero attached hydrogens (tertiary/aromatic N) is 3. The number of morpholine rings is 1. The van der Waals surface area contributed by atoms with Crippen LogP contribution >= 0.6 is 11.6 Å². The third-order valence-corrected chi connectivity index (χ3v) is 5.09. The molecule has 3 rings (SSSR count). The van der Waals surface area contributed by atoms with Gasteiger partial charge in [-0.05, 0) is 31.6 Å². The van der Waals surface area contributed by atoms with Crippen molar-refractivity contribution in [1.82, 2.24) is 9.80 Å². The summed E-state index contributed by atoms with van der Waals surface area (Å²) in [6.45, 7) is 16.6. The Hall–Kier alpha value is -1.66. The minimum atomic E-state index is 0.216. The fourth-order valence-electron chi connectivity index (χ4n) is 3.47. The monoisotopic (exact) mass is 404 g/mol. The summed E-state index contributed by atoms with van der Waals surface area (Å²) in [7, 11) is 0. The number of fused-ring (bicyclic) bond motifs is 1. The molecule has 3 aliphatic rings. The average molecular weight is 405 g/mol. The Morgan fingerprint density at radius 2 is 2.04 bits per heavy atom. The second-order valence-corrected chi connectivity index (χ2v) is 7.25. The first-order chi connectivity index (χ1) is 13.5. The van der Waals surface area contributed by atoms with Crippen molar-refractivity contribution in [2.45, 2.75) is 33.9 Å². The summed E-state index contributed by atoms with van der Waals surface area (Å²) < 4.78 is 5.49. The fourth-order valence-corrected chi connectivity index (χ4v) is 3.87. The number of nitrogens with two attached hydrogens (primary N) is 1. The number of amidine groups is 1. The number of halogens is 1. The van der Waals surface area contributed by atoms with Gasteiger partial charge in [-0.25, -0.2) is 0 Å². The zero-order valence-electron chi connectivity index (χ0n) is 17.5. The third kappa shape index (κ3) is 5.03. The summed E-state index contributed by atoms with van der Waals surface area (Å²) in [5.41, 5.74) is 10.1. The number of hydrogen-bond acceptors (Lipinski definition) is 5. The van der Waals surface area contributed by atoms with Crippen molar-refractivity contribution in [1.29, 1.82) is 0 Å². The molecule has 0 radical (unpaired) electrons. The largest absolute Gasteiger partial charge is 0.379 e. The van der Waals surface area contributed by atoms with Crippen molar-refractivity contribution in [3.8, 4) is 0 Å². The van der Waals surface area contributed by atoms with E-state index >= 15 is 0 Å². The van der Waals surface area contributed by atoms with Gasteiger partial charge in [0.2, 0.25) is 0 Å². The molecule has 1 fully saturated rings. The molecule has 2 N–H and O–H groups in total. The highest BCUT2D eigenvalue weighted by molar-refractivity contribution is 6.32. The Labute approximate surface area is 174 Å². The zero-order chi connectivity index (χ0) is 20.7. The van der Waals surface area contributed by atoms with Crippen molar-refractivity contribution in [2.75, 3.05) is 39.4 Å². The van der Waals surface area contributed by atoms with Crippen LogP contribution in [0.2, 0.25) is 0 Å². The Morgan fingerprint density at radius 3 is 2.61 bits per heavy atom. The molecule has 0 aromatic carbocycles. The van der Waals surface area contributed by atoms with Crippen LogP contribution in [-0.4, -0.2) is 61.2 Å². The lowest BCUT2D eigenvalue weighted by Gasteiger charge is -2.38. The van der Waals surface area contributed by atoms with Crippen molar-refractivity contribution in [3.05, 3.63) is 58.3 Å². The predicted octanol–water partition coefficient (Wildman–Crippen LogP) is 3.81. The third-order valence-electron chi connectivity index (χ3n) is 4.77. The van der Waals surface area contributed by atoms with Crippen molar-refractivity contribution < 1.29 is 4.74 Å². The molecule has 0 aromatic heterocycles. The summed E-state index contributed by atoms with van der Waals surface area (Å²) >= 11 is 6.57. The molecule has 5 nitrogen and oxygen atoms in total. The second-order valence-electron chi connectivity index (χ2n) is 6.84. The molecule has 0 amide bonds. The van der Waals surface area contributed by atoms with Gasteiger partial charge >= 0.3 is 0 Å². The van der Waals surface area contributed by atoms with Gasteiger partial charge in [0.25, 0.3) is 0 Å². The van der Waals surface area contributed by atoms with Gasteiger partial charge in [-0.15, -0.1) is 0 Å². The molecule has 154 valence electrons. The molecule has 0 bridgehead atoms. The molecular formula is C22H33ClN4O. The van der Waals surface area contributed by atoms with Gasteiger partial charge in [0, 0.05) is 42.0 Å². The summed E-state index contributed by atoms with van der Waals surface area (Å²) in [5.74, 6) is 0.965. The molecule has 28 heavy (non-hydrogen) atoms. The van der Waals surface area contributed by atoms with Gasteiger partial charge in [0.1, 0.15) is 12.0 Å². The van der Waals surface area contributed by atoms with Crippen LogP contribution in [0, 0.1) is 0 Å². The van der Waals surface area contributed by atoms with Crippen LogP contribution in [0.5, 0.6) is 0 Å². The molecule has 1 unspecified atom stereocenters. The molecule has 6 heteroatoms. The van der Waals surface area contributed by atoms with Crippen LogP contribution in [0.1, 0.15) is 27.7 Å². The molecule has 3 heterocycles. The van der Waals surface area contributed by atoms with E-state index in [9.17, 15) is 0 Å². The van der Waals surface area contributed by atoms with Gasteiger partial charge in [0.05, 0.1) is 19.8 Å². The quantitative estimate of drug-likeness (QED) is 0.708. The Bertz CT molecular complexity index is 723. The van der Waals surface area contributed by atoms with E-state index in [1.54, 1.807) is 6.08 Å². The molecule has 1 saturated heterocycles. The molecule has 1 atom stereocenters. The van der Waals surface area contributed by atoms with Crippen molar-refractivity contribution in [2.24, 2.45) is 10.7 Å². The molecule has 0 saturated carbocycles. The van der Waals surface area contributed by atoms with Crippen LogP contribution in [0.4, 0.5) is 0 Å².